The first-order valence-electron chi connectivity index (χ1n) is 13.6. The molecule has 11 heteroatoms. The summed E-state index contributed by atoms with van der Waals surface area (Å²) in [6.45, 7) is 9.25. The predicted octanol–water partition coefficient (Wildman–Crippen LogP) is 3.40. The minimum Gasteiger partial charge on any atom is -0.494 e. The molecular weight excluding hydrogens is 500 g/mol. The highest BCUT2D eigenvalue weighted by molar-refractivity contribution is 6.06. The van der Waals surface area contributed by atoms with Crippen LogP contribution in [-0.4, -0.2) is 81.2 Å². The Morgan fingerprint density at radius 3 is 2.31 bits per heavy atom. The van der Waals surface area contributed by atoms with Gasteiger partial charge < -0.3 is 14.5 Å². The number of imide groups is 1. The molecule has 3 aliphatic heterocycles. The second-order valence-corrected chi connectivity index (χ2v) is 10.6. The Morgan fingerprint density at radius 1 is 0.949 bits per heavy atom. The Kier molecular flexibility index (Phi) is 7.87. The molecule has 0 radical (unpaired) electrons. The van der Waals surface area contributed by atoms with E-state index in [1.54, 1.807) is 24.1 Å². The summed E-state index contributed by atoms with van der Waals surface area (Å²) in [7, 11) is 1.56. The van der Waals surface area contributed by atoms with Gasteiger partial charge in [-0.25, -0.2) is 4.79 Å². The fraction of sp³-hybridized carbons (Fsp3) is 0.500. The molecule has 3 aliphatic rings. The van der Waals surface area contributed by atoms with Crippen LogP contribution in [0.1, 0.15) is 24.8 Å². The maximum absolute atomic E-state index is 12.2. The van der Waals surface area contributed by atoms with Crippen molar-refractivity contribution in [3.8, 4) is 5.75 Å². The van der Waals surface area contributed by atoms with Gasteiger partial charge in [-0.2, -0.15) is 0 Å². The minimum atomic E-state index is -0.395. The van der Waals surface area contributed by atoms with Crippen molar-refractivity contribution >= 4 is 34.7 Å². The highest BCUT2D eigenvalue weighted by atomic mass is 16.6. The van der Waals surface area contributed by atoms with Crippen molar-refractivity contribution in [3.05, 3.63) is 52.1 Å². The number of piperidine rings is 1. The largest absolute Gasteiger partial charge is 0.494 e. The van der Waals surface area contributed by atoms with Gasteiger partial charge in [-0.15, -0.1) is 0 Å². The highest BCUT2D eigenvalue weighted by Crippen LogP contribution is 2.35. The summed E-state index contributed by atoms with van der Waals surface area (Å²) in [6.07, 6.45) is 2.48. The number of amides is 3. The molecule has 0 bridgehead atoms. The summed E-state index contributed by atoms with van der Waals surface area (Å²) in [5.41, 5.74) is 4.00. The number of nitro benzene ring substituents is 1. The van der Waals surface area contributed by atoms with Crippen LogP contribution in [0, 0.1) is 23.0 Å². The van der Waals surface area contributed by atoms with E-state index in [9.17, 15) is 19.7 Å². The third kappa shape index (κ3) is 5.93. The van der Waals surface area contributed by atoms with Crippen LogP contribution < -0.4 is 24.8 Å². The number of ether oxygens (including phenoxy) is 1. The number of carbonyl (C=O) groups excluding carboxylic acids is 2. The summed E-state index contributed by atoms with van der Waals surface area (Å²) in [4.78, 5) is 43.3. The van der Waals surface area contributed by atoms with Crippen LogP contribution in [0.25, 0.3) is 0 Å². The van der Waals surface area contributed by atoms with Gasteiger partial charge in [0.05, 0.1) is 23.8 Å². The van der Waals surface area contributed by atoms with Crippen LogP contribution in [0.4, 0.5) is 27.5 Å². The molecule has 2 aromatic rings. The Labute approximate surface area is 228 Å². The number of carbonyl (C=O) groups is 2. The molecule has 0 saturated carbocycles. The van der Waals surface area contributed by atoms with Gasteiger partial charge in [-0.05, 0) is 55.5 Å². The van der Waals surface area contributed by atoms with Crippen molar-refractivity contribution < 1.29 is 19.2 Å². The van der Waals surface area contributed by atoms with Crippen molar-refractivity contribution in [2.75, 3.05) is 74.2 Å². The Balaban J connectivity index is 1.11. The van der Waals surface area contributed by atoms with Gasteiger partial charge in [0.15, 0.2) is 0 Å². The number of nitro groups is 1. The topological polar surface area (TPSA) is 112 Å². The quantitative estimate of drug-likeness (QED) is 0.424. The molecule has 1 N–H and O–H groups in total. The van der Waals surface area contributed by atoms with Gasteiger partial charge >= 0.3 is 6.03 Å². The third-order valence-corrected chi connectivity index (χ3v) is 8.11. The van der Waals surface area contributed by atoms with Crippen LogP contribution >= 0.6 is 0 Å². The normalized spacial score (nSPS) is 19.3. The number of rotatable bonds is 7. The number of methoxy groups -OCH3 is 1. The first-order chi connectivity index (χ1) is 18.8. The first kappa shape index (κ1) is 26.7. The van der Waals surface area contributed by atoms with E-state index in [0.717, 1.165) is 81.3 Å². The second-order valence-electron chi connectivity index (χ2n) is 10.6. The number of aryl methyl sites for hydroxylation is 1. The van der Waals surface area contributed by atoms with E-state index < -0.39 is 4.92 Å². The maximum atomic E-state index is 12.2. The number of urea groups is 1. The molecule has 0 atom stereocenters. The monoisotopic (exact) mass is 536 g/mol. The van der Waals surface area contributed by atoms with Gasteiger partial charge in [-0.1, -0.05) is 0 Å². The molecule has 0 spiro atoms. The zero-order valence-corrected chi connectivity index (χ0v) is 22.6. The van der Waals surface area contributed by atoms with Crippen molar-refractivity contribution in [2.24, 2.45) is 5.92 Å². The standard InChI is InChI=1S/C28H36N6O5/c1-20-17-22(3-5-24(20)33-12-9-27(35)29-28(33)36)31-15-13-30(14-16-31)19-21-7-10-32(11-8-21)25-6-4-23(34(37)38)18-26(25)39-2/h3-6,17-18,21H,7-16,19H2,1-2H3,(H,29,35,36). The molecule has 39 heavy (non-hydrogen) atoms. The molecule has 3 heterocycles. The number of hydrogen-bond donors (Lipinski definition) is 1. The van der Waals surface area contributed by atoms with E-state index in [4.69, 9.17) is 4.74 Å². The highest BCUT2D eigenvalue weighted by Gasteiger charge is 2.28. The zero-order valence-electron chi connectivity index (χ0n) is 22.6. The third-order valence-electron chi connectivity index (χ3n) is 8.11. The fourth-order valence-corrected chi connectivity index (χ4v) is 5.88. The van der Waals surface area contributed by atoms with Crippen LogP contribution in [0.15, 0.2) is 36.4 Å². The second kappa shape index (κ2) is 11.5. The van der Waals surface area contributed by atoms with Crippen LogP contribution in [0.2, 0.25) is 0 Å². The average Bonchev–Trinajstić information content (AvgIpc) is 2.94. The van der Waals surface area contributed by atoms with Crippen molar-refractivity contribution in [1.29, 1.82) is 0 Å². The summed E-state index contributed by atoms with van der Waals surface area (Å²) in [5.74, 6) is 0.955. The number of non-ortho nitro benzene ring substituents is 1. The molecule has 2 aromatic carbocycles. The first-order valence-corrected chi connectivity index (χ1v) is 13.6. The molecular formula is C28H36N6O5. The van der Waals surface area contributed by atoms with E-state index >= 15 is 0 Å². The number of nitrogens with zero attached hydrogens (tertiary/aromatic N) is 5. The summed E-state index contributed by atoms with van der Waals surface area (Å²) >= 11 is 0. The number of nitrogens with one attached hydrogen (secondary N) is 1. The number of anilines is 3. The van der Waals surface area contributed by atoms with Crippen molar-refractivity contribution in [2.45, 2.75) is 26.2 Å². The lowest BCUT2D eigenvalue weighted by atomic mass is 9.95. The van der Waals surface area contributed by atoms with E-state index in [1.807, 2.05) is 13.0 Å². The molecule has 3 amide bonds. The molecule has 0 unspecified atom stereocenters. The number of benzene rings is 2. The summed E-state index contributed by atoms with van der Waals surface area (Å²) in [5, 5.41) is 13.5. The molecule has 5 rings (SSSR count). The van der Waals surface area contributed by atoms with Crippen LogP contribution in [0.3, 0.4) is 0 Å². The van der Waals surface area contributed by atoms with Crippen molar-refractivity contribution in [1.82, 2.24) is 10.2 Å². The SMILES string of the molecule is COc1cc([N+](=O)[O-])ccc1N1CCC(CN2CCN(c3ccc(N4CCC(=O)NC4=O)c(C)c3)CC2)CC1. The molecule has 3 saturated heterocycles. The lowest BCUT2D eigenvalue weighted by Crippen LogP contribution is -2.50. The number of hydrogen-bond acceptors (Lipinski definition) is 8. The maximum Gasteiger partial charge on any atom is 0.328 e. The van der Waals surface area contributed by atoms with E-state index in [-0.39, 0.29) is 17.6 Å². The molecule has 0 aliphatic carbocycles. The lowest BCUT2D eigenvalue weighted by Gasteiger charge is -2.40. The average molecular weight is 537 g/mol. The van der Waals surface area contributed by atoms with Gasteiger partial charge in [0, 0.05) is 76.2 Å². The Morgan fingerprint density at radius 2 is 1.67 bits per heavy atom. The minimum absolute atomic E-state index is 0.0443. The fourth-order valence-electron chi connectivity index (χ4n) is 5.88. The van der Waals surface area contributed by atoms with Gasteiger partial charge in [0.2, 0.25) is 5.91 Å². The molecule has 3 fully saturated rings. The molecule has 208 valence electrons. The zero-order chi connectivity index (χ0) is 27.5. The van der Waals surface area contributed by atoms with Crippen molar-refractivity contribution in [3.63, 3.8) is 0 Å². The van der Waals surface area contributed by atoms with E-state index in [1.165, 1.54) is 6.07 Å². The summed E-state index contributed by atoms with van der Waals surface area (Å²) in [6, 6.07) is 10.7. The predicted molar refractivity (Wildman–Crippen MR) is 150 cm³/mol. The van der Waals surface area contributed by atoms with Gasteiger partial charge in [0.25, 0.3) is 5.69 Å². The van der Waals surface area contributed by atoms with Crippen LogP contribution in [-0.2, 0) is 4.79 Å². The van der Waals surface area contributed by atoms with E-state index in [0.29, 0.717) is 24.6 Å². The summed E-state index contributed by atoms with van der Waals surface area (Å²) < 4.78 is 5.45. The Bertz CT molecular complexity index is 1240. The Hall–Kier alpha value is -3.86. The molecule has 11 nitrogen and oxygen atoms in total. The van der Waals surface area contributed by atoms with Gasteiger partial charge in [0.1, 0.15) is 5.75 Å². The molecule has 0 aromatic heterocycles. The smallest absolute Gasteiger partial charge is 0.328 e. The lowest BCUT2D eigenvalue weighted by molar-refractivity contribution is -0.384. The van der Waals surface area contributed by atoms with E-state index in [2.05, 4.69) is 32.1 Å². The van der Waals surface area contributed by atoms with Crippen LogP contribution in [0.5, 0.6) is 5.75 Å². The number of piperazine rings is 1. The van der Waals surface area contributed by atoms with Gasteiger partial charge in [-0.3, -0.25) is 30.0 Å².